The van der Waals surface area contributed by atoms with Gasteiger partial charge in [-0.2, -0.15) is 0 Å². The zero-order valence-corrected chi connectivity index (χ0v) is 21.9. The Labute approximate surface area is 228 Å². The lowest BCUT2D eigenvalue weighted by Gasteiger charge is -2.13. The van der Waals surface area contributed by atoms with Crippen LogP contribution < -0.4 is 21.1 Å². The maximum absolute atomic E-state index is 12.8. The van der Waals surface area contributed by atoms with Gasteiger partial charge in [0.05, 0.1) is 24.3 Å². The number of carbonyl (C=O) groups excluding carboxylic acids is 1. The molecule has 1 fully saturated rings. The van der Waals surface area contributed by atoms with Gasteiger partial charge in [0.1, 0.15) is 5.75 Å². The van der Waals surface area contributed by atoms with E-state index in [1.165, 1.54) is 12.8 Å². The molecule has 0 spiro atoms. The number of ether oxygens (including phenoxy) is 1. The van der Waals surface area contributed by atoms with Crippen molar-refractivity contribution in [2.75, 3.05) is 17.2 Å². The van der Waals surface area contributed by atoms with Crippen molar-refractivity contribution in [3.8, 4) is 17.0 Å². The van der Waals surface area contributed by atoms with Gasteiger partial charge in [-0.05, 0) is 66.3 Å². The summed E-state index contributed by atoms with van der Waals surface area (Å²) in [7, 11) is 0. The standard InChI is InChI=1S/C28H28N6O4S/c29-13-21-7-8-23(32-27(35)20-5-3-19(4-6-20)17-39(36)37)12-26(21)34-28-31-10-9-25(33-28)22-11-24(15-30-14-22)38-16-18-1-2-18/h3-12,14-15,18H,1-2,13,16-17,29H2,(H,32,35)(H,36,37)(H,31,33,34). The fourth-order valence-corrected chi connectivity index (χ4v) is 4.36. The Balaban J connectivity index is 1.30. The average molecular weight is 545 g/mol. The van der Waals surface area contributed by atoms with Crippen molar-refractivity contribution in [2.24, 2.45) is 11.7 Å². The summed E-state index contributed by atoms with van der Waals surface area (Å²) in [6, 6.07) is 15.6. The van der Waals surface area contributed by atoms with Gasteiger partial charge >= 0.3 is 0 Å². The maximum Gasteiger partial charge on any atom is 0.255 e. The highest BCUT2D eigenvalue weighted by molar-refractivity contribution is 7.78. The zero-order chi connectivity index (χ0) is 27.2. The molecule has 0 radical (unpaired) electrons. The van der Waals surface area contributed by atoms with Crippen LogP contribution in [0.3, 0.4) is 0 Å². The monoisotopic (exact) mass is 544 g/mol. The van der Waals surface area contributed by atoms with E-state index in [4.69, 9.17) is 15.0 Å². The molecule has 1 amide bonds. The fourth-order valence-electron chi connectivity index (χ4n) is 3.88. The highest BCUT2D eigenvalue weighted by atomic mass is 32.2. The number of amides is 1. The molecule has 2 aromatic carbocycles. The van der Waals surface area contributed by atoms with Gasteiger partial charge in [-0.1, -0.05) is 18.2 Å². The smallest absolute Gasteiger partial charge is 0.255 e. The number of carbonyl (C=O) groups is 1. The van der Waals surface area contributed by atoms with Gasteiger partial charge in [0, 0.05) is 41.4 Å². The quantitative estimate of drug-likeness (QED) is 0.200. The molecule has 10 nitrogen and oxygen atoms in total. The Kier molecular flexibility index (Phi) is 8.21. The number of hydrogen-bond donors (Lipinski definition) is 4. The Morgan fingerprint density at radius 1 is 1.10 bits per heavy atom. The first-order chi connectivity index (χ1) is 19.0. The van der Waals surface area contributed by atoms with Crippen LogP contribution in [0.15, 0.2) is 73.2 Å². The SMILES string of the molecule is NCc1ccc(NC(=O)c2ccc(CS(=O)O)cc2)cc1Nc1nccc(-c2cncc(OCC3CC3)c2)n1. The van der Waals surface area contributed by atoms with Gasteiger partial charge in [0.25, 0.3) is 5.91 Å². The van der Waals surface area contributed by atoms with Crippen LogP contribution in [0.5, 0.6) is 5.75 Å². The summed E-state index contributed by atoms with van der Waals surface area (Å²) < 4.78 is 25.9. The van der Waals surface area contributed by atoms with E-state index >= 15 is 0 Å². The molecule has 11 heteroatoms. The number of benzene rings is 2. The molecule has 39 heavy (non-hydrogen) atoms. The summed E-state index contributed by atoms with van der Waals surface area (Å²) in [5.41, 5.74) is 10.6. The van der Waals surface area contributed by atoms with Crippen LogP contribution in [-0.4, -0.2) is 36.2 Å². The number of nitrogens with two attached hydrogens (primary N) is 1. The molecule has 4 aromatic rings. The number of rotatable bonds is 11. The summed E-state index contributed by atoms with van der Waals surface area (Å²) in [6.07, 6.45) is 7.52. The normalized spacial score (nSPS) is 13.5. The third-order valence-electron chi connectivity index (χ3n) is 6.19. The number of anilines is 3. The lowest BCUT2D eigenvalue weighted by molar-refractivity contribution is 0.102. The van der Waals surface area contributed by atoms with Crippen LogP contribution in [0.4, 0.5) is 17.3 Å². The molecule has 1 atom stereocenters. The third-order valence-corrected chi connectivity index (χ3v) is 6.77. The van der Waals surface area contributed by atoms with E-state index in [0.717, 1.165) is 11.1 Å². The van der Waals surface area contributed by atoms with Crippen LogP contribution in [0.25, 0.3) is 11.3 Å². The molecule has 1 saturated carbocycles. The van der Waals surface area contributed by atoms with E-state index in [9.17, 15) is 9.00 Å². The Morgan fingerprint density at radius 3 is 2.67 bits per heavy atom. The van der Waals surface area contributed by atoms with Gasteiger partial charge in [-0.3, -0.25) is 9.78 Å². The van der Waals surface area contributed by atoms with Crippen LogP contribution in [0.1, 0.15) is 34.3 Å². The first-order valence-corrected chi connectivity index (χ1v) is 13.7. The maximum atomic E-state index is 12.8. The Bertz CT molecular complexity index is 1490. The van der Waals surface area contributed by atoms with Gasteiger partial charge in [0.15, 0.2) is 11.1 Å². The predicted octanol–water partition coefficient (Wildman–Crippen LogP) is 4.50. The number of nitrogens with zero attached hydrogens (tertiary/aromatic N) is 3. The second kappa shape index (κ2) is 12.1. The van der Waals surface area contributed by atoms with Crippen molar-refractivity contribution in [3.05, 3.63) is 89.9 Å². The molecule has 5 N–H and O–H groups in total. The minimum absolute atomic E-state index is 0.0108. The van der Waals surface area contributed by atoms with E-state index in [2.05, 4.69) is 25.6 Å². The fraction of sp³-hybridized carbons (Fsp3) is 0.214. The lowest BCUT2D eigenvalue weighted by atomic mass is 10.1. The van der Waals surface area contributed by atoms with Crippen LogP contribution >= 0.6 is 0 Å². The Morgan fingerprint density at radius 2 is 1.92 bits per heavy atom. The summed E-state index contributed by atoms with van der Waals surface area (Å²) >= 11 is -1.94. The average Bonchev–Trinajstić information content (AvgIpc) is 3.77. The number of pyridine rings is 1. The summed E-state index contributed by atoms with van der Waals surface area (Å²) in [5.74, 6) is 1.42. The summed E-state index contributed by atoms with van der Waals surface area (Å²) in [4.78, 5) is 26.1. The molecule has 1 aliphatic rings. The molecule has 1 unspecified atom stereocenters. The molecule has 5 rings (SSSR count). The van der Waals surface area contributed by atoms with Crippen LogP contribution in [-0.2, 0) is 23.4 Å². The van der Waals surface area contributed by atoms with E-state index in [-0.39, 0.29) is 18.2 Å². The molecule has 1 aliphatic carbocycles. The van der Waals surface area contributed by atoms with Crippen molar-refractivity contribution in [1.82, 2.24) is 15.0 Å². The third kappa shape index (κ3) is 7.23. The summed E-state index contributed by atoms with van der Waals surface area (Å²) in [5, 5.41) is 6.09. The first-order valence-electron chi connectivity index (χ1n) is 12.5. The van der Waals surface area contributed by atoms with E-state index in [0.29, 0.717) is 52.4 Å². The second-order valence-electron chi connectivity index (χ2n) is 9.25. The highest BCUT2D eigenvalue weighted by Crippen LogP contribution is 2.30. The topological polar surface area (TPSA) is 152 Å². The van der Waals surface area contributed by atoms with E-state index < -0.39 is 11.1 Å². The molecule has 2 heterocycles. The van der Waals surface area contributed by atoms with E-state index in [1.807, 2.05) is 12.1 Å². The van der Waals surface area contributed by atoms with Crippen molar-refractivity contribution >= 4 is 34.3 Å². The predicted molar refractivity (Wildman–Crippen MR) is 150 cm³/mol. The van der Waals surface area contributed by atoms with Crippen molar-refractivity contribution in [3.63, 3.8) is 0 Å². The molecular weight excluding hydrogens is 516 g/mol. The van der Waals surface area contributed by atoms with Crippen LogP contribution in [0.2, 0.25) is 0 Å². The van der Waals surface area contributed by atoms with Gasteiger partial charge in [0.2, 0.25) is 5.95 Å². The van der Waals surface area contributed by atoms with E-state index in [1.54, 1.807) is 61.1 Å². The minimum atomic E-state index is -1.94. The Hall–Kier alpha value is -4.19. The number of hydrogen-bond acceptors (Lipinski definition) is 8. The van der Waals surface area contributed by atoms with Crippen LogP contribution in [0, 0.1) is 5.92 Å². The van der Waals surface area contributed by atoms with Crippen molar-refractivity contribution in [2.45, 2.75) is 25.1 Å². The minimum Gasteiger partial charge on any atom is -0.492 e. The first kappa shape index (κ1) is 26.4. The molecular formula is C28H28N6O4S. The highest BCUT2D eigenvalue weighted by Gasteiger charge is 2.22. The summed E-state index contributed by atoms with van der Waals surface area (Å²) in [6.45, 7) is 0.974. The van der Waals surface area contributed by atoms with Gasteiger partial charge in [-0.25, -0.2) is 14.2 Å². The lowest BCUT2D eigenvalue weighted by Crippen LogP contribution is -2.13. The zero-order valence-electron chi connectivity index (χ0n) is 21.0. The molecule has 0 saturated heterocycles. The largest absolute Gasteiger partial charge is 0.492 e. The van der Waals surface area contributed by atoms with Gasteiger partial charge < -0.3 is 25.7 Å². The molecule has 0 bridgehead atoms. The second-order valence-corrected chi connectivity index (χ2v) is 10.2. The van der Waals surface area contributed by atoms with Crippen molar-refractivity contribution < 1.29 is 18.3 Å². The number of nitrogens with one attached hydrogen (secondary N) is 2. The molecule has 200 valence electrons. The van der Waals surface area contributed by atoms with Gasteiger partial charge in [-0.15, -0.1) is 0 Å². The number of aromatic nitrogens is 3. The molecule has 0 aliphatic heterocycles. The van der Waals surface area contributed by atoms with Crippen molar-refractivity contribution in [1.29, 1.82) is 0 Å². The molecule has 2 aromatic heterocycles.